The molecule has 0 spiro atoms. The molecule has 1 nitrogen and oxygen atoms in total. The molecule has 0 amide bonds. The number of hydrogen-bond donors (Lipinski definition) is 0. The van der Waals surface area contributed by atoms with E-state index in [2.05, 4.69) is 0 Å². The van der Waals surface area contributed by atoms with Crippen molar-refractivity contribution in [2.45, 2.75) is 12.8 Å². The highest BCUT2D eigenvalue weighted by molar-refractivity contribution is 5.93. The van der Waals surface area contributed by atoms with Gasteiger partial charge in [-0.1, -0.05) is 12.1 Å². The summed E-state index contributed by atoms with van der Waals surface area (Å²) in [5.41, 5.74) is -0.505. The zero-order chi connectivity index (χ0) is 16.1. The van der Waals surface area contributed by atoms with Gasteiger partial charge in [0.15, 0.2) is 5.78 Å². The highest BCUT2D eigenvalue weighted by atomic mass is 19.1. The summed E-state index contributed by atoms with van der Waals surface area (Å²) >= 11 is 0. The fraction of sp³-hybridized carbons (Fsp3) is 0.118. The second kappa shape index (κ2) is 7.02. The Morgan fingerprint density at radius 3 is 1.91 bits per heavy atom. The topological polar surface area (TPSA) is 17.1 Å². The van der Waals surface area contributed by atoms with E-state index < -0.39 is 29.1 Å². The van der Waals surface area contributed by atoms with Gasteiger partial charge in [-0.25, -0.2) is 17.6 Å². The molecule has 5 heteroatoms. The second-order valence-corrected chi connectivity index (χ2v) is 4.64. The smallest absolute Gasteiger partial charge is 0.156 e. The van der Waals surface area contributed by atoms with E-state index in [1.807, 2.05) is 0 Å². The number of halogens is 4. The van der Waals surface area contributed by atoms with Crippen molar-refractivity contribution in [1.29, 1.82) is 0 Å². The molecule has 0 aromatic heterocycles. The van der Waals surface area contributed by atoms with E-state index in [4.69, 9.17) is 0 Å². The summed E-state index contributed by atoms with van der Waals surface area (Å²) in [6.07, 6.45) is 1.73. The van der Waals surface area contributed by atoms with Gasteiger partial charge in [0.05, 0.1) is 0 Å². The highest BCUT2D eigenvalue weighted by Gasteiger charge is 2.10. The van der Waals surface area contributed by atoms with Gasteiger partial charge in [-0.3, -0.25) is 4.79 Å². The van der Waals surface area contributed by atoms with Gasteiger partial charge in [0, 0.05) is 17.5 Å². The molecule has 2 rings (SSSR count). The molecule has 0 fully saturated rings. The Hall–Kier alpha value is -2.43. The van der Waals surface area contributed by atoms with Crippen LogP contribution in [0.5, 0.6) is 0 Å². The summed E-state index contributed by atoms with van der Waals surface area (Å²) in [5, 5.41) is 0. The zero-order valence-electron chi connectivity index (χ0n) is 11.5. The van der Waals surface area contributed by atoms with Gasteiger partial charge in [-0.15, -0.1) is 0 Å². The standard InChI is InChI=1S/C17H12F4O/c18-14-3-1-4-15(19)12(14)9-7-11(22)8-10-13-16(20)5-2-6-17(13)21/h1-7,9H,8,10H2/b9-7+. The lowest BCUT2D eigenvalue weighted by molar-refractivity contribution is -0.114. The van der Waals surface area contributed by atoms with Crippen LogP contribution in [-0.4, -0.2) is 5.78 Å². The number of carbonyl (C=O) groups excluding carboxylic acids is 1. The van der Waals surface area contributed by atoms with Crippen molar-refractivity contribution in [2.75, 3.05) is 0 Å². The lowest BCUT2D eigenvalue weighted by Gasteiger charge is -2.03. The van der Waals surface area contributed by atoms with E-state index in [9.17, 15) is 22.4 Å². The zero-order valence-corrected chi connectivity index (χ0v) is 11.5. The summed E-state index contributed by atoms with van der Waals surface area (Å²) in [5.74, 6) is -3.51. The lowest BCUT2D eigenvalue weighted by Crippen LogP contribution is -2.01. The molecule has 2 aromatic carbocycles. The number of carbonyl (C=O) groups is 1. The molecule has 0 aliphatic heterocycles. The van der Waals surface area contributed by atoms with E-state index in [-0.39, 0.29) is 24.0 Å². The fourth-order valence-electron chi connectivity index (χ4n) is 1.95. The van der Waals surface area contributed by atoms with E-state index in [0.717, 1.165) is 36.4 Å². The third-order valence-electron chi connectivity index (χ3n) is 3.12. The van der Waals surface area contributed by atoms with Crippen LogP contribution in [-0.2, 0) is 11.2 Å². The SMILES string of the molecule is O=C(/C=C/c1c(F)cccc1F)CCc1c(F)cccc1F. The monoisotopic (exact) mass is 308 g/mol. The van der Waals surface area contributed by atoms with Crippen LogP contribution in [0.1, 0.15) is 17.5 Å². The molecule has 0 radical (unpaired) electrons. The van der Waals surface area contributed by atoms with Crippen LogP contribution < -0.4 is 0 Å². The predicted octanol–water partition coefficient (Wildman–Crippen LogP) is 4.46. The number of benzene rings is 2. The normalized spacial score (nSPS) is 11.1. The van der Waals surface area contributed by atoms with Gasteiger partial charge in [0.25, 0.3) is 0 Å². The number of allylic oxidation sites excluding steroid dienone is 1. The van der Waals surface area contributed by atoms with Gasteiger partial charge in [0.2, 0.25) is 0 Å². The van der Waals surface area contributed by atoms with Gasteiger partial charge in [-0.05, 0) is 42.8 Å². The molecule has 0 unspecified atom stereocenters. The van der Waals surface area contributed by atoms with E-state index in [1.165, 1.54) is 12.1 Å². The van der Waals surface area contributed by atoms with Crippen LogP contribution in [0, 0.1) is 23.3 Å². The summed E-state index contributed by atoms with van der Waals surface area (Å²) in [6, 6.07) is 6.80. The van der Waals surface area contributed by atoms with Crippen LogP contribution in [0.4, 0.5) is 17.6 Å². The van der Waals surface area contributed by atoms with E-state index >= 15 is 0 Å². The van der Waals surface area contributed by atoms with Gasteiger partial charge in [0.1, 0.15) is 23.3 Å². The number of hydrogen-bond acceptors (Lipinski definition) is 1. The fourth-order valence-corrected chi connectivity index (χ4v) is 1.95. The summed E-state index contributed by atoms with van der Waals surface area (Å²) < 4.78 is 53.5. The Kier molecular flexibility index (Phi) is 5.09. The van der Waals surface area contributed by atoms with Gasteiger partial charge >= 0.3 is 0 Å². The van der Waals surface area contributed by atoms with Crippen LogP contribution in [0.3, 0.4) is 0 Å². The summed E-state index contributed by atoms with van der Waals surface area (Å²) in [7, 11) is 0. The molecule has 0 heterocycles. The van der Waals surface area contributed by atoms with E-state index in [0.29, 0.717) is 0 Å². The largest absolute Gasteiger partial charge is 0.295 e. The van der Waals surface area contributed by atoms with Crippen LogP contribution in [0.2, 0.25) is 0 Å². The molecular weight excluding hydrogens is 296 g/mol. The molecule has 0 aliphatic carbocycles. The first-order valence-corrected chi connectivity index (χ1v) is 6.57. The minimum Gasteiger partial charge on any atom is -0.295 e. The lowest BCUT2D eigenvalue weighted by atomic mass is 10.1. The molecule has 0 atom stereocenters. The Labute approximate surface area is 124 Å². The maximum Gasteiger partial charge on any atom is 0.156 e. The third kappa shape index (κ3) is 3.81. The number of rotatable bonds is 5. The third-order valence-corrected chi connectivity index (χ3v) is 3.12. The van der Waals surface area contributed by atoms with Gasteiger partial charge < -0.3 is 0 Å². The minimum atomic E-state index is -0.788. The van der Waals surface area contributed by atoms with Crippen molar-refractivity contribution in [2.24, 2.45) is 0 Å². The predicted molar refractivity (Wildman–Crippen MR) is 75.1 cm³/mol. The summed E-state index contributed by atoms with van der Waals surface area (Å²) in [4.78, 5) is 11.7. The first kappa shape index (κ1) is 15.9. The van der Waals surface area contributed by atoms with Crippen LogP contribution in [0.15, 0.2) is 42.5 Å². The van der Waals surface area contributed by atoms with Crippen molar-refractivity contribution in [3.05, 3.63) is 76.9 Å². The molecule has 114 valence electrons. The molecule has 0 saturated carbocycles. The Morgan fingerprint density at radius 1 is 0.864 bits per heavy atom. The first-order chi connectivity index (χ1) is 10.5. The summed E-state index contributed by atoms with van der Waals surface area (Å²) in [6.45, 7) is 0. The Morgan fingerprint density at radius 2 is 1.36 bits per heavy atom. The van der Waals surface area contributed by atoms with Crippen molar-refractivity contribution >= 4 is 11.9 Å². The van der Waals surface area contributed by atoms with E-state index in [1.54, 1.807) is 0 Å². The van der Waals surface area contributed by atoms with Gasteiger partial charge in [-0.2, -0.15) is 0 Å². The average molecular weight is 308 g/mol. The second-order valence-electron chi connectivity index (χ2n) is 4.64. The molecule has 2 aromatic rings. The van der Waals surface area contributed by atoms with Crippen molar-refractivity contribution in [1.82, 2.24) is 0 Å². The molecular formula is C17H12F4O. The van der Waals surface area contributed by atoms with Crippen LogP contribution in [0.25, 0.3) is 6.08 Å². The maximum absolute atomic E-state index is 13.4. The molecule has 0 aliphatic rings. The minimum absolute atomic E-state index is 0.124. The Balaban J connectivity index is 2.03. The average Bonchev–Trinajstić information content (AvgIpc) is 2.46. The molecule has 0 N–H and O–H groups in total. The van der Waals surface area contributed by atoms with Crippen molar-refractivity contribution in [3.63, 3.8) is 0 Å². The van der Waals surface area contributed by atoms with Crippen molar-refractivity contribution < 1.29 is 22.4 Å². The highest BCUT2D eigenvalue weighted by Crippen LogP contribution is 2.16. The first-order valence-electron chi connectivity index (χ1n) is 6.57. The molecule has 22 heavy (non-hydrogen) atoms. The molecule has 0 bridgehead atoms. The van der Waals surface area contributed by atoms with Crippen molar-refractivity contribution in [3.8, 4) is 0 Å². The Bertz CT molecular complexity index is 682. The van der Waals surface area contributed by atoms with Crippen LogP contribution >= 0.6 is 0 Å². The number of ketones is 1. The maximum atomic E-state index is 13.4. The quantitative estimate of drug-likeness (QED) is 0.589. The molecule has 0 saturated heterocycles.